The Kier molecular flexibility index (Phi) is 4.41. The predicted molar refractivity (Wildman–Crippen MR) is 70.1 cm³/mol. The Labute approximate surface area is 107 Å². The lowest BCUT2D eigenvalue weighted by Crippen LogP contribution is -2.37. The number of likely N-dealkylation sites (N-methyl/N-ethyl adjacent to an activating group) is 1. The van der Waals surface area contributed by atoms with Crippen molar-refractivity contribution in [1.29, 1.82) is 0 Å². The van der Waals surface area contributed by atoms with Crippen LogP contribution >= 0.6 is 11.6 Å². The van der Waals surface area contributed by atoms with Crippen molar-refractivity contribution in [3.63, 3.8) is 0 Å². The number of hydrogen-bond donors (Lipinski definition) is 1. The van der Waals surface area contributed by atoms with Gasteiger partial charge in [-0.1, -0.05) is 37.4 Å². The van der Waals surface area contributed by atoms with Gasteiger partial charge >= 0.3 is 0 Å². The maximum absolute atomic E-state index is 13.9. The molecule has 2 atom stereocenters. The van der Waals surface area contributed by atoms with Crippen molar-refractivity contribution in [3.8, 4) is 0 Å². The molecule has 1 N–H and O–H groups in total. The van der Waals surface area contributed by atoms with Crippen molar-refractivity contribution in [2.24, 2.45) is 0 Å². The second-order valence-electron chi connectivity index (χ2n) is 4.72. The Morgan fingerprint density at radius 2 is 2.12 bits per heavy atom. The number of rotatable bonds is 3. The second kappa shape index (κ2) is 5.83. The molecule has 2 rings (SSSR count). The van der Waals surface area contributed by atoms with Gasteiger partial charge in [0, 0.05) is 17.0 Å². The van der Waals surface area contributed by atoms with Crippen LogP contribution in [0.2, 0.25) is 5.02 Å². The Morgan fingerprint density at radius 1 is 1.35 bits per heavy atom. The number of nitrogens with one attached hydrogen (secondary N) is 1. The van der Waals surface area contributed by atoms with E-state index < -0.39 is 0 Å². The highest BCUT2D eigenvalue weighted by atomic mass is 35.5. The third kappa shape index (κ3) is 2.99. The summed E-state index contributed by atoms with van der Waals surface area (Å²) in [6.45, 7) is 3.04. The van der Waals surface area contributed by atoms with Gasteiger partial charge in [0.15, 0.2) is 0 Å². The fourth-order valence-electron chi connectivity index (χ4n) is 2.81. The highest BCUT2D eigenvalue weighted by molar-refractivity contribution is 6.30. The Balaban J connectivity index is 2.23. The average Bonchev–Trinajstić information content (AvgIpc) is 2.31. The number of hydrogen-bond acceptors (Lipinski definition) is 1. The van der Waals surface area contributed by atoms with Crippen molar-refractivity contribution in [2.45, 2.75) is 44.6 Å². The summed E-state index contributed by atoms with van der Waals surface area (Å²) in [6, 6.07) is 5.47. The topological polar surface area (TPSA) is 12.0 Å². The second-order valence-corrected chi connectivity index (χ2v) is 5.16. The van der Waals surface area contributed by atoms with Crippen LogP contribution in [0.1, 0.15) is 44.1 Å². The number of benzene rings is 1. The molecule has 0 aliphatic heterocycles. The molecule has 0 radical (unpaired) electrons. The molecule has 17 heavy (non-hydrogen) atoms. The molecule has 0 heterocycles. The molecule has 1 aromatic carbocycles. The minimum Gasteiger partial charge on any atom is -0.314 e. The van der Waals surface area contributed by atoms with Crippen LogP contribution in [0.4, 0.5) is 4.39 Å². The van der Waals surface area contributed by atoms with Crippen LogP contribution in [-0.2, 0) is 0 Å². The van der Waals surface area contributed by atoms with E-state index in [9.17, 15) is 4.39 Å². The summed E-state index contributed by atoms with van der Waals surface area (Å²) < 4.78 is 13.9. The zero-order chi connectivity index (χ0) is 12.3. The molecular weight excluding hydrogens is 237 g/mol. The zero-order valence-corrected chi connectivity index (χ0v) is 10.9. The Hall–Kier alpha value is -0.600. The van der Waals surface area contributed by atoms with E-state index >= 15 is 0 Å². The summed E-state index contributed by atoms with van der Waals surface area (Å²) >= 11 is 5.80. The first-order valence-electron chi connectivity index (χ1n) is 6.40. The summed E-state index contributed by atoms with van der Waals surface area (Å²) in [5, 5.41) is 3.95. The lowest BCUT2D eigenvalue weighted by Gasteiger charge is -2.32. The van der Waals surface area contributed by atoms with E-state index in [1.54, 1.807) is 6.07 Å². The maximum Gasteiger partial charge on any atom is 0.128 e. The van der Waals surface area contributed by atoms with Crippen LogP contribution in [0, 0.1) is 5.82 Å². The Morgan fingerprint density at radius 3 is 2.82 bits per heavy atom. The molecule has 1 aliphatic rings. The van der Waals surface area contributed by atoms with E-state index in [1.807, 2.05) is 6.07 Å². The summed E-state index contributed by atoms with van der Waals surface area (Å²) in [6.07, 6.45) is 4.63. The van der Waals surface area contributed by atoms with Gasteiger partial charge in [0.25, 0.3) is 0 Å². The molecular formula is C14H19ClFN. The summed E-state index contributed by atoms with van der Waals surface area (Å²) in [4.78, 5) is 0. The van der Waals surface area contributed by atoms with E-state index in [1.165, 1.54) is 18.9 Å². The third-order valence-corrected chi connectivity index (χ3v) is 3.83. The fraction of sp³-hybridized carbons (Fsp3) is 0.571. The molecule has 0 saturated heterocycles. The van der Waals surface area contributed by atoms with Crippen LogP contribution in [0.5, 0.6) is 0 Å². The standard InChI is InChI=1S/C14H19ClFN/c1-2-17-14-6-4-3-5-12(14)11-8-7-10(15)9-13(11)16/h7-9,12,14,17H,2-6H2,1H3. The molecule has 1 fully saturated rings. The van der Waals surface area contributed by atoms with Crippen molar-refractivity contribution < 1.29 is 4.39 Å². The van der Waals surface area contributed by atoms with Crippen LogP contribution in [0.25, 0.3) is 0 Å². The molecule has 1 saturated carbocycles. The quantitative estimate of drug-likeness (QED) is 0.857. The largest absolute Gasteiger partial charge is 0.314 e. The van der Waals surface area contributed by atoms with E-state index in [4.69, 9.17) is 11.6 Å². The average molecular weight is 256 g/mol. The minimum atomic E-state index is -0.160. The zero-order valence-electron chi connectivity index (χ0n) is 10.2. The molecule has 1 aliphatic carbocycles. The van der Waals surface area contributed by atoms with Gasteiger partial charge in [-0.15, -0.1) is 0 Å². The van der Waals surface area contributed by atoms with Crippen LogP contribution in [-0.4, -0.2) is 12.6 Å². The number of halogens is 2. The molecule has 1 aromatic rings. The van der Waals surface area contributed by atoms with E-state index in [0.29, 0.717) is 17.0 Å². The van der Waals surface area contributed by atoms with Crippen molar-refractivity contribution in [2.75, 3.05) is 6.54 Å². The highest BCUT2D eigenvalue weighted by Gasteiger charge is 2.27. The van der Waals surface area contributed by atoms with Crippen LogP contribution < -0.4 is 5.32 Å². The van der Waals surface area contributed by atoms with E-state index in [2.05, 4.69) is 12.2 Å². The predicted octanol–water partition coefficient (Wildman–Crippen LogP) is 4.11. The summed E-state index contributed by atoms with van der Waals surface area (Å²) in [5.74, 6) is 0.133. The molecule has 0 bridgehead atoms. The molecule has 0 aromatic heterocycles. The van der Waals surface area contributed by atoms with Gasteiger partial charge in [-0.3, -0.25) is 0 Å². The maximum atomic E-state index is 13.9. The van der Waals surface area contributed by atoms with Gasteiger partial charge in [0.1, 0.15) is 5.82 Å². The van der Waals surface area contributed by atoms with Gasteiger partial charge in [-0.25, -0.2) is 4.39 Å². The minimum absolute atomic E-state index is 0.160. The van der Waals surface area contributed by atoms with Crippen LogP contribution in [0.15, 0.2) is 18.2 Å². The highest BCUT2D eigenvalue weighted by Crippen LogP contribution is 2.35. The first kappa shape index (κ1) is 12.8. The van der Waals surface area contributed by atoms with E-state index in [-0.39, 0.29) is 5.82 Å². The summed E-state index contributed by atoms with van der Waals surface area (Å²) in [7, 11) is 0. The molecule has 2 unspecified atom stereocenters. The first-order valence-corrected chi connectivity index (χ1v) is 6.78. The van der Waals surface area contributed by atoms with Crippen molar-refractivity contribution in [3.05, 3.63) is 34.6 Å². The lowest BCUT2D eigenvalue weighted by atomic mass is 9.80. The first-order chi connectivity index (χ1) is 8.22. The third-order valence-electron chi connectivity index (χ3n) is 3.59. The molecule has 94 valence electrons. The van der Waals surface area contributed by atoms with Crippen LogP contribution in [0.3, 0.4) is 0 Å². The molecule has 3 heteroatoms. The van der Waals surface area contributed by atoms with Crippen molar-refractivity contribution in [1.82, 2.24) is 5.32 Å². The smallest absolute Gasteiger partial charge is 0.128 e. The molecule has 1 nitrogen and oxygen atoms in total. The van der Waals surface area contributed by atoms with Gasteiger partial charge in [-0.2, -0.15) is 0 Å². The van der Waals surface area contributed by atoms with Gasteiger partial charge in [-0.05, 0) is 37.1 Å². The Bertz CT molecular complexity index is 378. The van der Waals surface area contributed by atoms with Gasteiger partial charge < -0.3 is 5.32 Å². The normalized spacial score (nSPS) is 24.9. The molecule has 0 spiro atoms. The lowest BCUT2D eigenvalue weighted by molar-refractivity contribution is 0.326. The monoisotopic (exact) mass is 255 g/mol. The summed E-state index contributed by atoms with van der Waals surface area (Å²) in [5.41, 5.74) is 0.819. The van der Waals surface area contributed by atoms with Gasteiger partial charge in [0.2, 0.25) is 0 Å². The van der Waals surface area contributed by atoms with E-state index in [0.717, 1.165) is 24.9 Å². The van der Waals surface area contributed by atoms with Gasteiger partial charge in [0.05, 0.1) is 0 Å². The SMILES string of the molecule is CCNC1CCCCC1c1ccc(Cl)cc1F. The molecule has 0 amide bonds. The van der Waals surface area contributed by atoms with Crippen molar-refractivity contribution >= 4 is 11.6 Å². The fourth-order valence-corrected chi connectivity index (χ4v) is 2.97.